The molecule has 0 atom stereocenters. The van der Waals surface area contributed by atoms with Gasteiger partial charge in [-0.2, -0.15) is 0 Å². The monoisotopic (exact) mass is 913 g/mol. The van der Waals surface area contributed by atoms with Gasteiger partial charge in [0, 0.05) is 16.9 Å². The van der Waals surface area contributed by atoms with Gasteiger partial charge in [0.25, 0.3) is 0 Å². The molecule has 0 saturated heterocycles. The molecule has 0 fully saturated rings. The Morgan fingerprint density at radius 1 is 0.380 bits per heavy atom. The standard InChI is InChI=1S/C70H59N/c1-5-45-68(3,4)63-48-61-60-36-24-38-66(67(60)70(54-31-18-10-19-32-54,55-33-20-11-21-34-55)64(61)46-49(63)6-2)71(56-41-39-51(40-42-56)50-25-12-7-13-26-50)57-43-44-59-58-35-22-23-37-62(58)69(65(59)47-57,52-27-14-8-15-28-52)53-29-16-9-17-30-53/h7-44,46-48H,5-6,45H2,1-4H3. The number of rotatable bonds is 12. The van der Waals surface area contributed by atoms with E-state index in [1.54, 1.807) is 0 Å². The minimum absolute atomic E-state index is 0.0101. The Hall–Kier alpha value is -8.00. The quantitative estimate of drug-likeness (QED) is 0.118. The van der Waals surface area contributed by atoms with Gasteiger partial charge in [-0.05, 0) is 138 Å². The van der Waals surface area contributed by atoms with E-state index in [2.05, 4.69) is 281 Å². The second-order valence-electron chi connectivity index (χ2n) is 20.2. The molecular formula is C70H59N. The summed E-state index contributed by atoms with van der Waals surface area (Å²) < 4.78 is 0. The summed E-state index contributed by atoms with van der Waals surface area (Å²) in [6.07, 6.45) is 3.21. The first-order chi connectivity index (χ1) is 34.9. The van der Waals surface area contributed by atoms with Crippen LogP contribution in [0, 0.1) is 0 Å². The lowest BCUT2D eigenvalue weighted by Crippen LogP contribution is -2.31. The van der Waals surface area contributed by atoms with Crippen molar-refractivity contribution in [1.29, 1.82) is 0 Å². The Morgan fingerprint density at radius 2 is 0.859 bits per heavy atom. The lowest BCUT2D eigenvalue weighted by Gasteiger charge is -2.39. The molecule has 1 heteroatoms. The second-order valence-corrected chi connectivity index (χ2v) is 20.2. The molecule has 12 rings (SSSR count). The van der Waals surface area contributed by atoms with Gasteiger partial charge in [-0.25, -0.2) is 0 Å². The summed E-state index contributed by atoms with van der Waals surface area (Å²) in [4.78, 5) is 2.58. The van der Waals surface area contributed by atoms with Gasteiger partial charge in [-0.3, -0.25) is 0 Å². The molecule has 0 bridgehead atoms. The Bertz CT molecular complexity index is 3440. The predicted molar refractivity (Wildman–Crippen MR) is 298 cm³/mol. The normalized spacial score (nSPS) is 13.7. The SMILES string of the molecule is CCCC(C)(C)c1cc2c(cc1CC)C(c1ccccc1)(c1ccccc1)c1c-2cccc1N(c1ccc(-c2ccccc2)cc1)c1ccc2c(c1)C(c1ccccc1)(c1ccccc1)c1ccccc1-2. The molecule has 10 aromatic carbocycles. The van der Waals surface area contributed by atoms with E-state index in [4.69, 9.17) is 0 Å². The fourth-order valence-electron chi connectivity index (χ4n) is 12.9. The molecule has 0 radical (unpaired) electrons. The van der Waals surface area contributed by atoms with E-state index < -0.39 is 10.8 Å². The average molecular weight is 914 g/mol. The van der Waals surface area contributed by atoms with E-state index in [0.29, 0.717) is 0 Å². The minimum atomic E-state index is -0.645. The highest BCUT2D eigenvalue weighted by atomic mass is 15.1. The van der Waals surface area contributed by atoms with Gasteiger partial charge in [0.15, 0.2) is 0 Å². The summed E-state index contributed by atoms with van der Waals surface area (Å²) in [5.74, 6) is 0. The zero-order valence-electron chi connectivity index (χ0n) is 41.2. The van der Waals surface area contributed by atoms with Crippen LogP contribution in [0.5, 0.6) is 0 Å². The van der Waals surface area contributed by atoms with Crippen LogP contribution >= 0.6 is 0 Å². The van der Waals surface area contributed by atoms with Gasteiger partial charge in [0.05, 0.1) is 16.5 Å². The van der Waals surface area contributed by atoms with Crippen molar-refractivity contribution in [2.75, 3.05) is 4.90 Å². The van der Waals surface area contributed by atoms with Gasteiger partial charge >= 0.3 is 0 Å². The van der Waals surface area contributed by atoms with E-state index in [1.807, 2.05) is 0 Å². The van der Waals surface area contributed by atoms with Crippen LogP contribution in [-0.4, -0.2) is 0 Å². The van der Waals surface area contributed by atoms with Gasteiger partial charge in [-0.15, -0.1) is 0 Å². The largest absolute Gasteiger partial charge is 0.310 e. The summed E-state index contributed by atoms with van der Waals surface area (Å²) in [7, 11) is 0. The van der Waals surface area contributed by atoms with Crippen LogP contribution in [-0.2, 0) is 22.7 Å². The Balaban J connectivity index is 1.19. The second kappa shape index (κ2) is 17.8. The number of hydrogen-bond donors (Lipinski definition) is 0. The molecule has 71 heavy (non-hydrogen) atoms. The van der Waals surface area contributed by atoms with Crippen LogP contribution in [0.4, 0.5) is 17.1 Å². The molecule has 0 aliphatic heterocycles. The van der Waals surface area contributed by atoms with E-state index in [-0.39, 0.29) is 5.41 Å². The molecule has 0 saturated carbocycles. The van der Waals surface area contributed by atoms with Crippen molar-refractivity contribution in [3.05, 3.63) is 304 Å². The van der Waals surface area contributed by atoms with Crippen molar-refractivity contribution in [2.24, 2.45) is 0 Å². The number of aryl methyl sites for hydroxylation is 1. The molecule has 0 spiro atoms. The average Bonchev–Trinajstić information content (AvgIpc) is 3.90. The summed E-state index contributed by atoms with van der Waals surface area (Å²) in [5.41, 5.74) is 22.9. The molecule has 2 aliphatic carbocycles. The van der Waals surface area contributed by atoms with Crippen LogP contribution in [0.1, 0.15) is 96.2 Å². The van der Waals surface area contributed by atoms with E-state index >= 15 is 0 Å². The highest BCUT2D eigenvalue weighted by Gasteiger charge is 2.50. The first kappa shape index (κ1) is 44.2. The predicted octanol–water partition coefficient (Wildman–Crippen LogP) is 18.2. The Labute approximate surface area is 420 Å². The third kappa shape index (κ3) is 6.89. The van der Waals surface area contributed by atoms with E-state index in [1.165, 1.54) is 89.0 Å². The number of anilines is 3. The van der Waals surface area contributed by atoms with Gasteiger partial charge in [-0.1, -0.05) is 246 Å². The molecule has 0 unspecified atom stereocenters. The topological polar surface area (TPSA) is 3.24 Å². The number of benzene rings is 10. The maximum Gasteiger partial charge on any atom is 0.0734 e. The molecule has 2 aliphatic rings. The van der Waals surface area contributed by atoms with Crippen LogP contribution in [0.3, 0.4) is 0 Å². The van der Waals surface area contributed by atoms with Crippen LogP contribution < -0.4 is 4.90 Å². The van der Waals surface area contributed by atoms with Crippen molar-refractivity contribution in [1.82, 2.24) is 0 Å². The Morgan fingerprint density at radius 3 is 1.44 bits per heavy atom. The number of fused-ring (bicyclic) bond motifs is 6. The smallest absolute Gasteiger partial charge is 0.0734 e. The molecular weight excluding hydrogens is 855 g/mol. The third-order valence-corrected chi connectivity index (χ3v) is 15.9. The highest BCUT2D eigenvalue weighted by Crippen LogP contribution is 2.62. The van der Waals surface area contributed by atoms with Gasteiger partial charge in [0.2, 0.25) is 0 Å². The van der Waals surface area contributed by atoms with Gasteiger partial charge < -0.3 is 4.90 Å². The number of nitrogens with zero attached hydrogens (tertiary/aromatic N) is 1. The summed E-state index contributed by atoms with van der Waals surface area (Å²) >= 11 is 0. The van der Waals surface area contributed by atoms with Crippen LogP contribution in [0.25, 0.3) is 33.4 Å². The minimum Gasteiger partial charge on any atom is -0.310 e. The van der Waals surface area contributed by atoms with Crippen molar-refractivity contribution in [2.45, 2.75) is 63.2 Å². The molecule has 10 aromatic rings. The molecule has 0 amide bonds. The van der Waals surface area contributed by atoms with Crippen molar-refractivity contribution in [3.8, 4) is 33.4 Å². The zero-order valence-corrected chi connectivity index (χ0v) is 41.2. The Kier molecular flexibility index (Phi) is 11.1. The van der Waals surface area contributed by atoms with Crippen LogP contribution in [0.15, 0.2) is 249 Å². The first-order valence-corrected chi connectivity index (χ1v) is 25.6. The van der Waals surface area contributed by atoms with Crippen molar-refractivity contribution < 1.29 is 0 Å². The van der Waals surface area contributed by atoms with Gasteiger partial charge in [0.1, 0.15) is 0 Å². The summed E-state index contributed by atoms with van der Waals surface area (Å²) in [5, 5.41) is 0. The maximum atomic E-state index is 2.60. The highest BCUT2D eigenvalue weighted by molar-refractivity contribution is 5.96. The first-order valence-electron chi connectivity index (χ1n) is 25.6. The third-order valence-electron chi connectivity index (χ3n) is 15.9. The fraction of sp³-hybridized carbons (Fsp3) is 0.143. The molecule has 0 heterocycles. The summed E-state index contributed by atoms with van der Waals surface area (Å²) in [6, 6.07) is 93.7. The lowest BCUT2D eigenvalue weighted by molar-refractivity contribution is 0.469. The number of hydrogen-bond acceptors (Lipinski definition) is 1. The van der Waals surface area contributed by atoms with Crippen molar-refractivity contribution in [3.63, 3.8) is 0 Å². The fourth-order valence-corrected chi connectivity index (χ4v) is 12.9. The molecule has 0 aromatic heterocycles. The lowest BCUT2D eigenvalue weighted by atomic mass is 9.66. The van der Waals surface area contributed by atoms with Crippen molar-refractivity contribution >= 4 is 17.1 Å². The van der Waals surface area contributed by atoms with E-state index in [0.717, 1.165) is 36.3 Å². The zero-order chi connectivity index (χ0) is 48.2. The maximum absolute atomic E-state index is 2.60. The molecule has 344 valence electrons. The molecule has 1 nitrogen and oxygen atoms in total. The molecule has 0 N–H and O–H groups in total. The van der Waals surface area contributed by atoms with E-state index in [9.17, 15) is 0 Å². The van der Waals surface area contributed by atoms with Crippen LogP contribution in [0.2, 0.25) is 0 Å². The summed E-state index contributed by atoms with van der Waals surface area (Å²) in [6.45, 7) is 9.55.